The van der Waals surface area contributed by atoms with Gasteiger partial charge in [-0.25, -0.2) is 0 Å². The number of rotatable bonds is 7. The van der Waals surface area contributed by atoms with Crippen LogP contribution in [0.2, 0.25) is 0 Å². The summed E-state index contributed by atoms with van der Waals surface area (Å²) in [6.07, 6.45) is 2.25. The molecule has 0 N–H and O–H groups in total. The summed E-state index contributed by atoms with van der Waals surface area (Å²) in [7, 11) is 0. The van der Waals surface area contributed by atoms with Crippen LogP contribution in [0.15, 0.2) is 30.3 Å². The summed E-state index contributed by atoms with van der Waals surface area (Å²) in [5.41, 5.74) is 1.15. The standard InChI is InChI=1S/C13H17NO3/c1-11(10-15)13(9-14(16)17)8-7-12-5-3-2-4-6-12/h2-6,10-11,13H,7-9H2,1H3/t11-,13-/m0/s1. The van der Waals surface area contributed by atoms with Crippen molar-refractivity contribution >= 4 is 6.29 Å². The second-order valence-corrected chi connectivity index (χ2v) is 4.29. The van der Waals surface area contributed by atoms with E-state index in [1.54, 1.807) is 6.92 Å². The first-order chi connectivity index (χ1) is 8.13. The summed E-state index contributed by atoms with van der Waals surface area (Å²) in [6, 6.07) is 9.82. The molecule has 92 valence electrons. The Balaban J connectivity index is 2.54. The molecule has 4 nitrogen and oxygen atoms in total. The molecule has 0 heterocycles. The first-order valence-corrected chi connectivity index (χ1v) is 5.74. The van der Waals surface area contributed by atoms with E-state index in [0.717, 1.165) is 18.3 Å². The van der Waals surface area contributed by atoms with Gasteiger partial charge in [-0.3, -0.25) is 10.1 Å². The first-order valence-electron chi connectivity index (χ1n) is 5.74. The van der Waals surface area contributed by atoms with Crippen LogP contribution in [-0.2, 0) is 11.2 Å². The molecule has 0 spiro atoms. The lowest BCUT2D eigenvalue weighted by Crippen LogP contribution is -2.22. The molecule has 0 saturated heterocycles. The summed E-state index contributed by atoms with van der Waals surface area (Å²) in [5, 5.41) is 10.5. The molecule has 17 heavy (non-hydrogen) atoms. The van der Waals surface area contributed by atoms with E-state index in [1.165, 1.54) is 0 Å². The molecule has 0 fully saturated rings. The van der Waals surface area contributed by atoms with E-state index < -0.39 is 0 Å². The van der Waals surface area contributed by atoms with Crippen molar-refractivity contribution in [3.8, 4) is 0 Å². The average Bonchev–Trinajstić information content (AvgIpc) is 2.34. The predicted molar refractivity (Wildman–Crippen MR) is 65.3 cm³/mol. The second-order valence-electron chi connectivity index (χ2n) is 4.29. The molecule has 0 aliphatic carbocycles. The fraction of sp³-hybridized carbons (Fsp3) is 0.462. The van der Waals surface area contributed by atoms with Gasteiger partial charge >= 0.3 is 0 Å². The van der Waals surface area contributed by atoms with E-state index in [4.69, 9.17) is 0 Å². The van der Waals surface area contributed by atoms with Crippen molar-refractivity contribution in [1.29, 1.82) is 0 Å². The van der Waals surface area contributed by atoms with Gasteiger partial charge in [0.15, 0.2) is 0 Å². The Labute approximate surface area is 101 Å². The Kier molecular flexibility index (Phi) is 5.33. The van der Waals surface area contributed by atoms with E-state index in [-0.39, 0.29) is 23.3 Å². The van der Waals surface area contributed by atoms with Crippen LogP contribution < -0.4 is 0 Å². The Morgan fingerprint density at radius 3 is 2.53 bits per heavy atom. The van der Waals surface area contributed by atoms with Crippen LogP contribution in [0.4, 0.5) is 0 Å². The number of carbonyl (C=O) groups is 1. The lowest BCUT2D eigenvalue weighted by Gasteiger charge is -2.15. The van der Waals surface area contributed by atoms with E-state index in [1.807, 2.05) is 30.3 Å². The van der Waals surface area contributed by atoms with Crippen molar-refractivity contribution < 1.29 is 9.72 Å². The van der Waals surface area contributed by atoms with Crippen LogP contribution in [0.1, 0.15) is 18.9 Å². The van der Waals surface area contributed by atoms with Crippen LogP contribution in [0.5, 0.6) is 0 Å². The van der Waals surface area contributed by atoms with Gasteiger partial charge in [-0.2, -0.15) is 0 Å². The number of hydrogen-bond acceptors (Lipinski definition) is 3. The van der Waals surface area contributed by atoms with E-state index in [2.05, 4.69) is 0 Å². The molecule has 0 bridgehead atoms. The van der Waals surface area contributed by atoms with Crippen LogP contribution >= 0.6 is 0 Å². The Morgan fingerprint density at radius 2 is 2.00 bits per heavy atom. The smallest absolute Gasteiger partial charge is 0.207 e. The SMILES string of the molecule is C[C@@H](C=O)[C@@H](CCc1ccccc1)C[N+](=O)[O-]. The summed E-state index contributed by atoms with van der Waals surface area (Å²) in [6.45, 7) is 1.61. The van der Waals surface area contributed by atoms with Crippen molar-refractivity contribution in [3.63, 3.8) is 0 Å². The molecule has 0 aromatic heterocycles. The van der Waals surface area contributed by atoms with Gasteiger partial charge in [-0.1, -0.05) is 37.3 Å². The Hall–Kier alpha value is -1.71. The van der Waals surface area contributed by atoms with Crippen LogP contribution in [0.3, 0.4) is 0 Å². The highest BCUT2D eigenvalue weighted by Crippen LogP contribution is 2.17. The van der Waals surface area contributed by atoms with Gasteiger partial charge in [0.2, 0.25) is 6.54 Å². The lowest BCUT2D eigenvalue weighted by atomic mass is 9.89. The summed E-state index contributed by atoms with van der Waals surface area (Å²) < 4.78 is 0. The summed E-state index contributed by atoms with van der Waals surface area (Å²) in [4.78, 5) is 20.9. The Morgan fingerprint density at radius 1 is 1.35 bits per heavy atom. The maximum atomic E-state index is 10.7. The fourth-order valence-electron chi connectivity index (χ4n) is 1.82. The largest absolute Gasteiger partial charge is 0.303 e. The van der Waals surface area contributed by atoms with Gasteiger partial charge in [0, 0.05) is 16.8 Å². The minimum atomic E-state index is -0.338. The minimum absolute atomic E-state index is 0.132. The number of carbonyl (C=O) groups excluding carboxylic acids is 1. The highest BCUT2D eigenvalue weighted by atomic mass is 16.6. The zero-order valence-electron chi connectivity index (χ0n) is 9.91. The first kappa shape index (κ1) is 13.4. The molecule has 0 unspecified atom stereocenters. The third-order valence-electron chi connectivity index (χ3n) is 2.99. The quantitative estimate of drug-likeness (QED) is 0.414. The molecule has 0 amide bonds. The number of benzene rings is 1. The Bertz CT molecular complexity index is 364. The molecule has 1 aromatic rings. The van der Waals surface area contributed by atoms with Gasteiger partial charge in [-0.05, 0) is 18.4 Å². The number of hydrogen-bond donors (Lipinski definition) is 0. The maximum Gasteiger partial charge on any atom is 0.207 e. The van der Waals surface area contributed by atoms with Crippen molar-refractivity contribution in [1.82, 2.24) is 0 Å². The zero-order chi connectivity index (χ0) is 12.7. The summed E-state index contributed by atoms with van der Waals surface area (Å²) in [5.74, 6) is -0.438. The molecule has 0 radical (unpaired) electrons. The van der Waals surface area contributed by atoms with Crippen molar-refractivity contribution in [2.24, 2.45) is 11.8 Å². The van der Waals surface area contributed by atoms with Gasteiger partial charge in [0.25, 0.3) is 0 Å². The predicted octanol–water partition coefficient (Wildman–Crippen LogP) is 2.35. The van der Waals surface area contributed by atoms with Crippen LogP contribution in [0, 0.1) is 22.0 Å². The molecule has 0 aliphatic heterocycles. The van der Waals surface area contributed by atoms with Gasteiger partial charge < -0.3 is 4.79 Å². The topological polar surface area (TPSA) is 60.2 Å². The normalized spacial score (nSPS) is 13.9. The number of aldehydes is 1. The van der Waals surface area contributed by atoms with Gasteiger partial charge in [0.1, 0.15) is 6.29 Å². The van der Waals surface area contributed by atoms with Crippen molar-refractivity contribution in [3.05, 3.63) is 46.0 Å². The number of nitrogens with zero attached hydrogens (tertiary/aromatic N) is 1. The average molecular weight is 235 g/mol. The second kappa shape index (κ2) is 6.78. The molecule has 4 heteroatoms. The molecule has 0 aliphatic rings. The van der Waals surface area contributed by atoms with Gasteiger partial charge in [0.05, 0.1) is 0 Å². The monoisotopic (exact) mass is 235 g/mol. The van der Waals surface area contributed by atoms with Crippen molar-refractivity contribution in [2.75, 3.05) is 6.54 Å². The minimum Gasteiger partial charge on any atom is -0.303 e. The van der Waals surface area contributed by atoms with E-state index >= 15 is 0 Å². The highest BCUT2D eigenvalue weighted by molar-refractivity contribution is 5.53. The van der Waals surface area contributed by atoms with Crippen molar-refractivity contribution in [2.45, 2.75) is 19.8 Å². The lowest BCUT2D eigenvalue weighted by molar-refractivity contribution is -0.489. The molecule has 1 rings (SSSR count). The zero-order valence-corrected chi connectivity index (χ0v) is 9.91. The molecule has 0 saturated carbocycles. The number of aryl methyl sites for hydroxylation is 1. The molecular weight excluding hydrogens is 218 g/mol. The highest BCUT2D eigenvalue weighted by Gasteiger charge is 2.21. The van der Waals surface area contributed by atoms with E-state index in [0.29, 0.717) is 6.42 Å². The maximum absolute atomic E-state index is 10.7. The van der Waals surface area contributed by atoms with Crippen LogP contribution in [0.25, 0.3) is 0 Å². The fourth-order valence-corrected chi connectivity index (χ4v) is 1.82. The summed E-state index contributed by atoms with van der Waals surface area (Å²) >= 11 is 0. The van der Waals surface area contributed by atoms with Gasteiger partial charge in [-0.15, -0.1) is 0 Å². The third-order valence-corrected chi connectivity index (χ3v) is 2.99. The molecule has 1 aromatic carbocycles. The third kappa shape index (κ3) is 4.76. The molecule has 2 atom stereocenters. The number of nitro groups is 1. The van der Waals surface area contributed by atoms with Crippen LogP contribution in [-0.4, -0.2) is 17.8 Å². The van der Waals surface area contributed by atoms with E-state index in [9.17, 15) is 14.9 Å². The molecular formula is C13H17NO3.